The Balaban J connectivity index is 2.28. The fourth-order valence-corrected chi connectivity index (χ4v) is 2.81. The maximum absolute atomic E-state index is 10.9. The zero-order chi connectivity index (χ0) is 12.4. The molecule has 0 aliphatic heterocycles. The molecule has 0 amide bonds. The van der Waals surface area contributed by atoms with Crippen LogP contribution < -0.4 is 0 Å². The maximum atomic E-state index is 10.9. The van der Waals surface area contributed by atoms with Crippen LogP contribution in [0.2, 0.25) is 5.02 Å². The number of hydrogen-bond donors (Lipinski definition) is 1. The summed E-state index contributed by atoms with van der Waals surface area (Å²) in [5.41, 5.74) is 0.0328. The minimum atomic E-state index is -1.08. The van der Waals surface area contributed by atoms with Crippen LogP contribution in [0.15, 0.2) is 21.6 Å². The highest BCUT2D eigenvalue weighted by Gasteiger charge is 2.12. The molecule has 88 valence electrons. The van der Waals surface area contributed by atoms with E-state index in [1.54, 1.807) is 6.92 Å². The summed E-state index contributed by atoms with van der Waals surface area (Å²) in [6, 6.07) is 1.42. The number of carboxylic acids is 1. The minimum absolute atomic E-state index is 0.0328. The first-order valence-electron chi connectivity index (χ1n) is 4.43. The number of carbonyl (C=O) groups is 1. The van der Waals surface area contributed by atoms with Gasteiger partial charge in [0.25, 0.3) is 0 Å². The SMILES string of the molecule is Cc1nsc(Sc2cc(C(=O)O)c(Cl)cn2)n1. The predicted molar refractivity (Wildman–Crippen MR) is 65.0 cm³/mol. The van der Waals surface area contributed by atoms with Gasteiger partial charge < -0.3 is 5.11 Å². The third-order valence-corrected chi connectivity index (χ3v) is 3.84. The van der Waals surface area contributed by atoms with Crippen molar-refractivity contribution in [2.24, 2.45) is 0 Å². The maximum Gasteiger partial charge on any atom is 0.337 e. The molecule has 0 saturated carbocycles. The molecular formula is C9H6ClN3O2S2. The number of aromatic carboxylic acids is 1. The average molecular weight is 288 g/mol. The highest BCUT2D eigenvalue weighted by molar-refractivity contribution is 8.00. The van der Waals surface area contributed by atoms with E-state index in [0.717, 1.165) is 0 Å². The van der Waals surface area contributed by atoms with Crippen molar-refractivity contribution >= 4 is 40.9 Å². The van der Waals surface area contributed by atoms with E-state index in [2.05, 4.69) is 14.3 Å². The molecule has 0 aliphatic rings. The van der Waals surface area contributed by atoms with Crippen molar-refractivity contribution in [3.63, 3.8) is 0 Å². The van der Waals surface area contributed by atoms with Crippen LogP contribution in [-0.4, -0.2) is 25.4 Å². The normalized spacial score (nSPS) is 10.5. The van der Waals surface area contributed by atoms with Crippen LogP contribution in [0.3, 0.4) is 0 Å². The Morgan fingerprint density at radius 3 is 2.94 bits per heavy atom. The van der Waals surface area contributed by atoms with Crippen LogP contribution in [0, 0.1) is 6.92 Å². The lowest BCUT2D eigenvalue weighted by atomic mass is 10.3. The van der Waals surface area contributed by atoms with Crippen molar-refractivity contribution in [1.29, 1.82) is 0 Å². The molecule has 2 aromatic rings. The molecule has 0 radical (unpaired) electrons. The molecule has 8 heteroatoms. The van der Waals surface area contributed by atoms with Gasteiger partial charge in [-0.05, 0) is 36.3 Å². The van der Waals surface area contributed by atoms with Gasteiger partial charge in [0.05, 0.1) is 10.6 Å². The monoisotopic (exact) mass is 287 g/mol. The molecule has 0 unspecified atom stereocenters. The van der Waals surface area contributed by atoms with Gasteiger partial charge in [-0.2, -0.15) is 4.37 Å². The van der Waals surface area contributed by atoms with Gasteiger partial charge in [0, 0.05) is 6.20 Å². The van der Waals surface area contributed by atoms with E-state index in [1.165, 1.54) is 35.6 Å². The van der Waals surface area contributed by atoms with Gasteiger partial charge in [-0.3, -0.25) is 0 Å². The molecule has 2 heterocycles. The summed E-state index contributed by atoms with van der Waals surface area (Å²) in [5.74, 6) is -0.391. The predicted octanol–water partition coefficient (Wildman–Crippen LogP) is 2.74. The van der Waals surface area contributed by atoms with Gasteiger partial charge in [0.15, 0.2) is 4.34 Å². The highest BCUT2D eigenvalue weighted by atomic mass is 35.5. The molecule has 0 aromatic carbocycles. The van der Waals surface area contributed by atoms with Crippen molar-refractivity contribution in [3.8, 4) is 0 Å². The first-order chi connectivity index (χ1) is 8.06. The van der Waals surface area contributed by atoms with E-state index in [9.17, 15) is 4.79 Å². The zero-order valence-electron chi connectivity index (χ0n) is 8.55. The van der Waals surface area contributed by atoms with Gasteiger partial charge in [0.1, 0.15) is 10.9 Å². The van der Waals surface area contributed by atoms with Crippen LogP contribution in [0.4, 0.5) is 0 Å². The summed E-state index contributed by atoms with van der Waals surface area (Å²) in [5, 5.41) is 9.56. The largest absolute Gasteiger partial charge is 0.478 e. The summed E-state index contributed by atoms with van der Waals surface area (Å²) < 4.78 is 4.74. The zero-order valence-corrected chi connectivity index (χ0v) is 10.9. The molecule has 0 aliphatic carbocycles. The van der Waals surface area contributed by atoms with E-state index >= 15 is 0 Å². The Labute approximate surface area is 110 Å². The van der Waals surface area contributed by atoms with E-state index in [0.29, 0.717) is 15.2 Å². The van der Waals surface area contributed by atoms with Crippen molar-refractivity contribution in [2.75, 3.05) is 0 Å². The molecule has 2 rings (SSSR count). The summed E-state index contributed by atoms with van der Waals surface area (Å²) >= 11 is 8.23. The van der Waals surface area contributed by atoms with Gasteiger partial charge in [-0.25, -0.2) is 14.8 Å². The second kappa shape index (κ2) is 4.99. The Hall–Kier alpha value is -1.18. The standard InChI is InChI=1S/C9H6ClN3O2S2/c1-4-12-9(17-13-4)16-7-2-5(8(14)15)6(10)3-11-7/h2-3H,1H3,(H,14,15). The van der Waals surface area contributed by atoms with Crippen LogP contribution in [0.25, 0.3) is 0 Å². The average Bonchev–Trinajstić information content (AvgIpc) is 2.66. The summed E-state index contributed by atoms with van der Waals surface area (Å²) in [6.45, 7) is 1.79. The van der Waals surface area contributed by atoms with Crippen molar-refractivity contribution in [2.45, 2.75) is 16.3 Å². The fourth-order valence-electron chi connectivity index (χ4n) is 1.05. The number of hydrogen-bond acceptors (Lipinski definition) is 6. The molecule has 0 bridgehead atoms. The quantitative estimate of drug-likeness (QED) is 0.935. The summed E-state index contributed by atoms with van der Waals surface area (Å²) in [4.78, 5) is 19.1. The molecule has 17 heavy (non-hydrogen) atoms. The fraction of sp³-hybridized carbons (Fsp3) is 0.111. The molecule has 0 spiro atoms. The molecule has 0 fully saturated rings. The van der Waals surface area contributed by atoms with E-state index < -0.39 is 5.97 Å². The number of aryl methyl sites for hydroxylation is 1. The van der Waals surface area contributed by atoms with Gasteiger partial charge in [-0.1, -0.05) is 11.6 Å². The number of aromatic nitrogens is 3. The first kappa shape index (κ1) is 12.3. The van der Waals surface area contributed by atoms with Crippen LogP contribution in [-0.2, 0) is 0 Å². The van der Waals surface area contributed by atoms with Crippen LogP contribution in [0.1, 0.15) is 16.2 Å². The molecule has 2 aromatic heterocycles. The molecule has 5 nitrogen and oxygen atoms in total. The molecule has 0 saturated heterocycles. The second-order valence-corrected chi connectivity index (χ2v) is 5.44. The summed E-state index contributed by atoms with van der Waals surface area (Å²) in [7, 11) is 0. The Morgan fingerprint density at radius 1 is 1.59 bits per heavy atom. The second-order valence-electron chi connectivity index (χ2n) is 3.02. The number of rotatable bonds is 3. The topological polar surface area (TPSA) is 76.0 Å². The Bertz CT molecular complexity index is 573. The Kier molecular flexibility index (Phi) is 3.60. The first-order valence-corrected chi connectivity index (χ1v) is 6.40. The smallest absolute Gasteiger partial charge is 0.337 e. The molecular weight excluding hydrogens is 282 g/mol. The van der Waals surface area contributed by atoms with Crippen LogP contribution >= 0.6 is 34.9 Å². The number of carboxylic acid groups (broad SMARTS) is 1. The van der Waals surface area contributed by atoms with Crippen molar-refractivity contribution in [3.05, 3.63) is 28.7 Å². The highest BCUT2D eigenvalue weighted by Crippen LogP contribution is 2.29. The van der Waals surface area contributed by atoms with Gasteiger partial charge >= 0.3 is 5.97 Å². The van der Waals surface area contributed by atoms with E-state index in [1.807, 2.05) is 0 Å². The summed E-state index contributed by atoms with van der Waals surface area (Å²) in [6.07, 6.45) is 1.32. The Morgan fingerprint density at radius 2 is 2.35 bits per heavy atom. The van der Waals surface area contributed by atoms with Crippen molar-refractivity contribution in [1.82, 2.24) is 14.3 Å². The third-order valence-electron chi connectivity index (χ3n) is 1.76. The lowest BCUT2D eigenvalue weighted by Gasteiger charge is -2.00. The van der Waals surface area contributed by atoms with E-state index in [-0.39, 0.29) is 10.6 Å². The van der Waals surface area contributed by atoms with Crippen molar-refractivity contribution < 1.29 is 9.90 Å². The molecule has 1 N–H and O–H groups in total. The minimum Gasteiger partial charge on any atom is -0.478 e. The lowest BCUT2D eigenvalue weighted by molar-refractivity contribution is 0.0696. The molecule has 0 atom stereocenters. The number of halogens is 1. The number of pyridine rings is 1. The van der Waals surface area contributed by atoms with Gasteiger partial charge in [0.2, 0.25) is 0 Å². The van der Waals surface area contributed by atoms with E-state index in [4.69, 9.17) is 16.7 Å². The van der Waals surface area contributed by atoms with Crippen LogP contribution in [0.5, 0.6) is 0 Å². The van der Waals surface area contributed by atoms with Gasteiger partial charge in [-0.15, -0.1) is 0 Å². The number of nitrogens with zero attached hydrogens (tertiary/aromatic N) is 3. The third kappa shape index (κ3) is 2.93. The lowest BCUT2D eigenvalue weighted by Crippen LogP contribution is -1.98.